The maximum absolute atomic E-state index is 12.4. The van der Waals surface area contributed by atoms with E-state index in [1.807, 2.05) is 0 Å². The summed E-state index contributed by atoms with van der Waals surface area (Å²) in [5, 5.41) is 3.03. The lowest BCUT2D eigenvalue weighted by atomic mass is 9.95. The van der Waals surface area contributed by atoms with Crippen LogP contribution in [0.5, 0.6) is 5.75 Å². The molecule has 0 spiro atoms. The van der Waals surface area contributed by atoms with Crippen LogP contribution in [0, 0.1) is 11.8 Å². The van der Waals surface area contributed by atoms with E-state index in [1.54, 1.807) is 24.3 Å². The van der Waals surface area contributed by atoms with E-state index in [0.717, 1.165) is 29.3 Å². The number of nitrogens with one attached hydrogen (secondary N) is 1. The molecule has 24 heavy (non-hydrogen) atoms. The van der Waals surface area contributed by atoms with E-state index in [-0.39, 0.29) is 18.5 Å². The van der Waals surface area contributed by atoms with Crippen LogP contribution in [0.1, 0.15) is 25.7 Å². The van der Waals surface area contributed by atoms with E-state index in [1.165, 1.54) is 20.0 Å². The van der Waals surface area contributed by atoms with Crippen molar-refractivity contribution in [2.45, 2.75) is 31.7 Å². The molecule has 2 aliphatic carbocycles. The van der Waals surface area contributed by atoms with Crippen LogP contribution in [0.25, 0.3) is 0 Å². The highest BCUT2D eigenvalue weighted by molar-refractivity contribution is 7.92. The summed E-state index contributed by atoms with van der Waals surface area (Å²) in [6.07, 6.45) is 5.73. The second kappa shape index (κ2) is 6.63. The molecule has 3 atom stereocenters. The fourth-order valence-electron chi connectivity index (χ4n) is 4.02. The summed E-state index contributed by atoms with van der Waals surface area (Å²) in [7, 11) is -2.12. The molecule has 2 saturated carbocycles. The van der Waals surface area contributed by atoms with Gasteiger partial charge in [0.2, 0.25) is 15.9 Å². The fourth-order valence-corrected chi connectivity index (χ4v) is 4.88. The average Bonchev–Trinajstić information content (AvgIpc) is 3.14. The fraction of sp³-hybridized carbons (Fsp3) is 0.588. The molecule has 0 aromatic heterocycles. The van der Waals surface area contributed by atoms with Crippen molar-refractivity contribution in [3.63, 3.8) is 0 Å². The molecule has 1 aromatic rings. The molecular formula is C17H24N2O4S. The Hall–Kier alpha value is -1.76. The highest BCUT2D eigenvalue weighted by Gasteiger charge is 2.40. The quantitative estimate of drug-likeness (QED) is 0.846. The van der Waals surface area contributed by atoms with E-state index in [4.69, 9.17) is 4.74 Å². The zero-order valence-electron chi connectivity index (χ0n) is 14.1. The Balaban J connectivity index is 1.74. The lowest BCUT2D eigenvalue weighted by molar-refractivity contribution is -0.120. The van der Waals surface area contributed by atoms with E-state index in [9.17, 15) is 13.2 Å². The third-order valence-corrected chi connectivity index (χ3v) is 6.25. The molecule has 6 nitrogen and oxygen atoms in total. The van der Waals surface area contributed by atoms with Crippen LogP contribution < -0.4 is 14.4 Å². The summed E-state index contributed by atoms with van der Waals surface area (Å²) in [5.41, 5.74) is 0.380. The average molecular weight is 352 g/mol. The summed E-state index contributed by atoms with van der Waals surface area (Å²) >= 11 is 0. The Morgan fingerprint density at radius 1 is 1.29 bits per heavy atom. The molecule has 3 rings (SSSR count). The molecule has 0 heterocycles. The van der Waals surface area contributed by atoms with Crippen LogP contribution in [0.15, 0.2) is 24.3 Å². The van der Waals surface area contributed by atoms with Crippen LogP contribution in [0.3, 0.4) is 0 Å². The lowest BCUT2D eigenvalue weighted by Gasteiger charge is -2.27. The molecule has 2 aliphatic rings. The highest BCUT2D eigenvalue weighted by Crippen LogP contribution is 2.44. The number of hydrogen-bond acceptors (Lipinski definition) is 4. The number of nitrogens with zero attached hydrogens (tertiary/aromatic N) is 1. The van der Waals surface area contributed by atoms with Gasteiger partial charge in [0.05, 0.1) is 19.1 Å². The first-order valence-electron chi connectivity index (χ1n) is 8.28. The van der Waals surface area contributed by atoms with Crippen molar-refractivity contribution in [2.24, 2.45) is 11.8 Å². The van der Waals surface area contributed by atoms with Crippen LogP contribution in [0.4, 0.5) is 5.69 Å². The number of sulfonamides is 1. The van der Waals surface area contributed by atoms with Gasteiger partial charge in [-0.3, -0.25) is 9.10 Å². The van der Waals surface area contributed by atoms with Crippen molar-refractivity contribution in [3.8, 4) is 5.75 Å². The van der Waals surface area contributed by atoms with Gasteiger partial charge in [-0.15, -0.1) is 0 Å². The number of carbonyl (C=O) groups excluding carboxylic acids is 1. The van der Waals surface area contributed by atoms with E-state index in [2.05, 4.69) is 5.32 Å². The van der Waals surface area contributed by atoms with Crippen LogP contribution in [0.2, 0.25) is 0 Å². The smallest absolute Gasteiger partial charge is 0.241 e. The van der Waals surface area contributed by atoms with Gasteiger partial charge in [-0.05, 0) is 43.2 Å². The first-order chi connectivity index (χ1) is 11.4. The number of ether oxygens (including phenoxy) is 1. The second-order valence-corrected chi connectivity index (χ2v) is 8.70. The number of anilines is 1. The molecule has 1 N–H and O–H groups in total. The normalized spacial score (nSPS) is 25.5. The van der Waals surface area contributed by atoms with Crippen molar-refractivity contribution in [1.82, 2.24) is 5.32 Å². The number of hydrogen-bond donors (Lipinski definition) is 1. The van der Waals surface area contributed by atoms with Gasteiger partial charge in [-0.25, -0.2) is 8.42 Å². The Morgan fingerprint density at radius 2 is 2.04 bits per heavy atom. The van der Waals surface area contributed by atoms with Gasteiger partial charge in [0, 0.05) is 6.04 Å². The predicted molar refractivity (Wildman–Crippen MR) is 92.6 cm³/mol. The predicted octanol–water partition coefficient (Wildman–Crippen LogP) is 1.77. The van der Waals surface area contributed by atoms with Gasteiger partial charge >= 0.3 is 0 Å². The van der Waals surface area contributed by atoms with E-state index < -0.39 is 10.0 Å². The van der Waals surface area contributed by atoms with Gasteiger partial charge in [-0.1, -0.05) is 18.6 Å². The molecule has 0 aliphatic heterocycles. The van der Waals surface area contributed by atoms with Gasteiger partial charge in [0.15, 0.2) is 0 Å². The third-order valence-electron chi connectivity index (χ3n) is 5.13. The molecule has 0 saturated heterocycles. The van der Waals surface area contributed by atoms with Crippen LogP contribution in [-0.4, -0.2) is 40.3 Å². The molecule has 2 bridgehead atoms. The Labute approximate surface area is 143 Å². The molecule has 7 heteroatoms. The summed E-state index contributed by atoms with van der Waals surface area (Å²) < 4.78 is 30.7. The molecule has 1 amide bonds. The van der Waals surface area contributed by atoms with Gasteiger partial charge in [-0.2, -0.15) is 0 Å². The zero-order chi connectivity index (χ0) is 17.3. The number of methoxy groups -OCH3 is 1. The second-order valence-electron chi connectivity index (χ2n) is 6.79. The van der Waals surface area contributed by atoms with Crippen molar-refractivity contribution in [2.75, 3.05) is 24.2 Å². The Bertz CT molecular complexity index is 719. The van der Waals surface area contributed by atoms with Gasteiger partial charge in [0.25, 0.3) is 0 Å². The number of benzene rings is 1. The minimum absolute atomic E-state index is 0.190. The number of fused-ring (bicyclic) bond motifs is 2. The molecule has 0 unspecified atom stereocenters. The van der Waals surface area contributed by atoms with Crippen molar-refractivity contribution in [3.05, 3.63) is 24.3 Å². The molecule has 132 valence electrons. The third kappa shape index (κ3) is 3.50. The maximum Gasteiger partial charge on any atom is 0.241 e. The molecular weight excluding hydrogens is 328 g/mol. The van der Waals surface area contributed by atoms with Crippen LogP contribution in [-0.2, 0) is 14.8 Å². The van der Waals surface area contributed by atoms with Gasteiger partial charge in [0.1, 0.15) is 12.3 Å². The lowest BCUT2D eigenvalue weighted by Crippen LogP contribution is -2.45. The monoisotopic (exact) mass is 352 g/mol. The van der Waals surface area contributed by atoms with Crippen molar-refractivity contribution >= 4 is 21.6 Å². The first-order valence-corrected chi connectivity index (χ1v) is 10.1. The SMILES string of the molecule is COc1ccccc1N(CC(=O)N[C@@H]1C[C@@H]2CC[C@H]1C2)S(C)(=O)=O. The van der Waals surface area contributed by atoms with E-state index in [0.29, 0.717) is 17.4 Å². The molecule has 2 fully saturated rings. The summed E-state index contributed by atoms with van der Waals surface area (Å²) in [5.74, 6) is 1.44. The summed E-state index contributed by atoms with van der Waals surface area (Å²) in [6, 6.07) is 7.00. The van der Waals surface area contributed by atoms with E-state index >= 15 is 0 Å². The summed E-state index contributed by atoms with van der Waals surface area (Å²) in [4.78, 5) is 12.4. The Kier molecular flexibility index (Phi) is 4.71. The topological polar surface area (TPSA) is 75.7 Å². The van der Waals surface area contributed by atoms with Crippen molar-refractivity contribution < 1.29 is 17.9 Å². The van der Waals surface area contributed by atoms with Gasteiger partial charge < -0.3 is 10.1 Å². The number of carbonyl (C=O) groups is 1. The number of rotatable bonds is 6. The zero-order valence-corrected chi connectivity index (χ0v) is 14.9. The minimum atomic E-state index is -3.60. The van der Waals surface area contributed by atoms with Crippen LogP contribution >= 0.6 is 0 Å². The summed E-state index contributed by atoms with van der Waals surface area (Å²) in [6.45, 7) is -0.229. The Morgan fingerprint density at radius 3 is 2.62 bits per heavy atom. The molecule has 0 radical (unpaired) electrons. The number of para-hydroxylation sites is 2. The highest BCUT2D eigenvalue weighted by atomic mass is 32.2. The first kappa shape index (κ1) is 17.1. The standard InChI is InChI=1S/C17H24N2O4S/c1-23-16-6-4-3-5-15(16)19(24(2,21)22)11-17(20)18-14-10-12-7-8-13(14)9-12/h3-6,12-14H,7-11H2,1-2H3,(H,18,20)/t12-,13+,14-/m1/s1. The van der Waals surface area contributed by atoms with Crippen molar-refractivity contribution in [1.29, 1.82) is 0 Å². The minimum Gasteiger partial charge on any atom is -0.495 e. The maximum atomic E-state index is 12.4. The molecule has 1 aromatic carbocycles. The largest absolute Gasteiger partial charge is 0.495 e. The number of amides is 1.